The van der Waals surface area contributed by atoms with Crippen LogP contribution in [-0.4, -0.2) is 129 Å². The maximum Gasteiger partial charge on any atom is 0.245 e. The van der Waals surface area contributed by atoms with E-state index in [9.17, 15) is 44.1 Å². The van der Waals surface area contributed by atoms with E-state index in [2.05, 4.69) is 36.9 Å². The summed E-state index contributed by atoms with van der Waals surface area (Å²) in [6.07, 6.45) is 0.330. The molecule has 4 rings (SSSR count). The fourth-order valence-corrected chi connectivity index (χ4v) is 9.16. The summed E-state index contributed by atoms with van der Waals surface area (Å²) in [7, 11) is 2.09. The zero-order valence-electron chi connectivity index (χ0n) is 37.8. The van der Waals surface area contributed by atoms with E-state index in [4.69, 9.17) is 11.5 Å². The van der Waals surface area contributed by atoms with E-state index in [0.717, 1.165) is 55.6 Å². The highest BCUT2D eigenvalue weighted by Gasteiger charge is 2.32. The van der Waals surface area contributed by atoms with E-state index in [1.165, 1.54) is 13.8 Å². The van der Waals surface area contributed by atoms with Gasteiger partial charge in [-0.25, -0.2) is 0 Å². The lowest BCUT2D eigenvalue weighted by Gasteiger charge is -2.26. The second-order valence-corrected chi connectivity index (χ2v) is 18.8. The van der Waals surface area contributed by atoms with E-state index in [1.807, 2.05) is 91.1 Å². The molecule has 3 aromatic carbocycles. The summed E-state index contributed by atoms with van der Waals surface area (Å²) in [6, 6.07) is 19.9. The normalized spacial score (nSPS) is 14.9. The van der Waals surface area contributed by atoms with Crippen molar-refractivity contribution in [3.63, 3.8) is 0 Å². The zero-order valence-corrected chi connectivity index (χ0v) is 39.5. The summed E-state index contributed by atoms with van der Waals surface area (Å²) in [4.78, 5) is 84.5. The predicted molar refractivity (Wildman–Crippen MR) is 261 cm³/mol. The number of unbranched alkanes of at least 4 members (excludes halogenated alkanes) is 2. The Kier molecular flexibility index (Phi) is 23.1. The number of hydrogen-bond donors (Lipinski definition) is 12. The maximum absolute atomic E-state index is 14.3. The highest BCUT2D eigenvalue weighted by atomic mass is 33.1. The minimum atomic E-state index is -1.69. The van der Waals surface area contributed by atoms with Crippen molar-refractivity contribution in [2.75, 3.05) is 24.6 Å². The molecular weight excluding hydrogens is 899 g/mol. The van der Waals surface area contributed by atoms with Gasteiger partial charge in [0.15, 0.2) is 6.23 Å². The molecule has 0 bridgehead atoms. The fraction of sp³-hybridized carbons (Fsp3) is 0.447. The van der Waals surface area contributed by atoms with E-state index < -0.39 is 84.1 Å². The third-order valence-corrected chi connectivity index (χ3v) is 13.1. The molecule has 6 amide bonds. The van der Waals surface area contributed by atoms with Crippen LogP contribution in [0.15, 0.2) is 91.1 Å². The van der Waals surface area contributed by atoms with Crippen LogP contribution in [0.1, 0.15) is 56.2 Å². The number of aliphatic hydroxyl groups excluding tert-OH is 3. The molecule has 14 N–H and O–H groups in total. The molecule has 1 aromatic heterocycles. The van der Waals surface area contributed by atoms with E-state index in [0.29, 0.717) is 25.8 Å². The molecule has 0 unspecified atom stereocenters. The molecule has 0 saturated heterocycles. The minimum Gasteiger partial charge on any atom is -0.391 e. The van der Waals surface area contributed by atoms with E-state index in [1.54, 1.807) is 0 Å². The van der Waals surface area contributed by atoms with Crippen molar-refractivity contribution in [2.24, 2.45) is 11.5 Å². The summed E-state index contributed by atoms with van der Waals surface area (Å²) in [5.41, 5.74) is 15.4. The van der Waals surface area contributed by atoms with Crippen molar-refractivity contribution in [3.8, 4) is 0 Å². The third kappa shape index (κ3) is 18.6. The largest absolute Gasteiger partial charge is 0.391 e. The van der Waals surface area contributed by atoms with Crippen LogP contribution in [0.25, 0.3) is 10.9 Å². The van der Waals surface area contributed by atoms with Crippen LogP contribution in [0.3, 0.4) is 0 Å². The van der Waals surface area contributed by atoms with Gasteiger partial charge in [-0.05, 0) is 68.8 Å². The first-order valence-corrected chi connectivity index (χ1v) is 24.8. The molecule has 0 aliphatic rings. The molecule has 364 valence electrons. The van der Waals surface area contributed by atoms with Gasteiger partial charge in [-0.2, -0.15) is 0 Å². The lowest BCUT2D eigenvalue weighted by atomic mass is 10.0. The summed E-state index contributed by atoms with van der Waals surface area (Å²) < 4.78 is 0. The number of amides is 6. The molecule has 0 aliphatic heterocycles. The second-order valence-electron chi connectivity index (χ2n) is 16.2. The van der Waals surface area contributed by atoms with Crippen LogP contribution in [-0.2, 0) is 48.0 Å². The molecule has 4 aromatic rings. The van der Waals surface area contributed by atoms with Crippen molar-refractivity contribution in [1.29, 1.82) is 0 Å². The van der Waals surface area contributed by atoms with Crippen molar-refractivity contribution >= 4 is 67.9 Å². The lowest BCUT2D eigenvalue weighted by molar-refractivity contribution is -0.135. The summed E-state index contributed by atoms with van der Waals surface area (Å²) in [6.45, 7) is 3.31. The third-order valence-electron chi connectivity index (χ3n) is 10.7. The molecule has 1 heterocycles. The Balaban J connectivity index is 1.50. The van der Waals surface area contributed by atoms with Crippen molar-refractivity contribution in [2.45, 2.75) is 107 Å². The molecule has 0 fully saturated rings. The van der Waals surface area contributed by atoms with Crippen LogP contribution in [0.5, 0.6) is 0 Å². The number of aromatic nitrogens is 1. The van der Waals surface area contributed by atoms with Gasteiger partial charge in [0, 0.05) is 48.0 Å². The number of aromatic amines is 1. The van der Waals surface area contributed by atoms with Crippen LogP contribution in [0.2, 0.25) is 0 Å². The standard InChI is InChI=1S/C47H65N9O9S2/c1-29(57)41(55-40(59)20-10-5-13-22-48)47(65)54-39(46(64)56-42(60)30(2)58)28-67-66-27-38(53-43(61)35(49)24-31-14-6-3-7-15-31)45(63)52-37(25-32-16-8-4-9-17-32)44(62)50-23-21-33-26-51-36-19-12-11-18-34(33)36/h3-4,6-9,11-12,14-19,26,29-30,35,37-39,41-42,51,57-58,60H,5,10,13,20-25,27-28,48-49H2,1-2H3,(H,50,62)(H,52,63)(H,53,61)(H,54,65)(H,55,59)(H,56,64)/t29-,30-,35-,37+,38+,39+,41+,42-/m1/s1. The highest BCUT2D eigenvalue weighted by molar-refractivity contribution is 8.76. The van der Waals surface area contributed by atoms with E-state index >= 15 is 0 Å². The Morgan fingerprint density at radius 3 is 1.81 bits per heavy atom. The molecule has 8 atom stereocenters. The van der Waals surface area contributed by atoms with Crippen molar-refractivity contribution < 1.29 is 44.1 Å². The SMILES string of the molecule is C[C@@H](O)[C@H](NC(=O)CCCCCN)C(=O)N[C@@H](CSSC[C@H](NC(=O)[C@H](N)Cc1ccccc1)C(=O)N[C@@H](Cc1ccccc1)C(=O)NCCc1c[nH]c2ccccc12)C(=O)N[C@H](O)[C@@H](C)O. The number of benzene rings is 3. The summed E-state index contributed by atoms with van der Waals surface area (Å²) >= 11 is 0. The molecule has 0 spiro atoms. The Morgan fingerprint density at radius 2 is 1.19 bits per heavy atom. The number of fused-ring (bicyclic) bond motifs is 1. The van der Waals surface area contributed by atoms with Gasteiger partial charge in [-0.3, -0.25) is 28.8 Å². The molecule has 0 radical (unpaired) electrons. The molecule has 67 heavy (non-hydrogen) atoms. The number of hydrogen-bond acceptors (Lipinski definition) is 13. The van der Waals surface area contributed by atoms with Gasteiger partial charge < -0.3 is 63.7 Å². The van der Waals surface area contributed by atoms with Gasteiger partial charge in [0.25, 0.3) is 0 Å². The Morgan fingerprint density at radius 1 is 0.627 bits per heavy atom. The number of aliphatic hydroxyl groups is 3. The number of rotatable bonds is 29. The number of para-hydroxylation sites is 1. The van der Waals surface area contributed by atoms with Gasteiger partial charge in [0.05, 0.1) is 18.2 Å². The number of carbonyl (C=O) groups is 6. The van der Waals surface area contributed by atoms with Crippen LogP contribution >= 0.6 is 21.6 Å². The second kappa shape index (κ2) is 28.6. The topological polar surface area (TPSA) is 303 Å². The fourth-order valence-electron chi connectivity index (χ4n) is 6.84. The zero-order chi connectivity index (χ0) is 48.7. The van der Waals surface area contributed by atoms with Crippen molar-refractivity contribution in [1.82, 2.24) is 36.9 Å². The number of nitrogens with one attached hydrogen (secondary N) is 7. The Hall–Kier alpha value is -5.48. The quantitative estimate of drug-likeness (QED) is 0.0203. The summed E-state index contributed by atoms with van der Waals surface area (Å²) in [5, 5.41) is 47.4. The van der Waals surface area contributed by atoms with Crippen LogP contribution in [0.4, 0.5) is 0 Å². The van der Waals surface area contributed by atoms with Gasteiger partial charge >= 0.3 is 0 Å². The average molecular weight is 964 g/mol. The molecule has 20 heteroatoms. The minimum absolute atomic E-state index is 0.0827. The molecule has 18 nitrogen and oxygen atoms in total. The monoisotopic (exact) mass is 963 g/mol. The molecule has 0 aliphatic carbocycles. The lowest BCUT2D eigenvalue weighted by Crippen LogP contribution is -2.59. The van der Waals surface area contributed by atoms with Crippen LogP contribution in [0, 0.1) is 0 Å². The van der Waals surface area contributed by atoms with E-state index in [-0.39, 0.29) is 37.3 Å². The number of carbonyl (C=O) groups excluding carboxylic acids is 6. The van der Waals surface area contributed by atoms with Gasteiger partial charge in [-0.1, -0.05) is 107 Å². The first-order valence-electron chi connectivity index (χ1n) is 22.3. The predicted octanol–water partition coefficient (Wildman–Crippen LogP) is 0.675. The molecule has 0 saturated carbocycles. The van der Waals surface area contributed by atoms with Crippen molar-refractivity contribution in [3.05, 3.63) is 108 Å². The Labute approximate surface area is 398 Å². The number of H-pyrrole nitrogens is 1. The average Bonchev–Trinajstić information content (AvgIpc) is 3.72. The highest BCUT2D eigenvalue weighted by Crippen LogP contribution is 2.24. The smallest absolute Gasteiger partial charge is 0.245 e. The van der Waals surface area contributed by atoms with Gasteiger partial charge in [0.2, 0.25) is 35.4 Å². The van der Waals surface area contributed by atoms with Crippen LogP contribution < -0.4 is 43.4 Å². The Bertz CT molecular complexity index is 2180. The maximum atomic E-state index is 14.3. The van der Waals surface area contributed by atoms with Gasteiger partial charge in [0.1, 0.15) is 24.2 Å². The molecular formula is C47H65N9O9S2. The number of nitrogens with two attached hydrogens (primary N) is 2. The van der Waals surface area contributed by atoms with Gasteiger partial charge in [-0.15, -0.1) is 0 Å². The first kappa shape index (κ1) is 54.1. The summed E-state index contributed by atoms with van der Waals surface area (Å²) in [5.74, 6) is -4.29. The first-order chi connectivity index (χ1) is 32.2.